The number of hydrogen-bond acceptors (Lipinski definition) is 5. The van der Waals surface area contributed by atoms with Gasteiger partial charge < -0.3 is 0 Å². The Kier molecular flexibility index (Phi) is 10.8. The molecule has 0 amide bonds. The number of nitrogens with zero attached hydrogens (tertiary/aromatic N) is 2. The zero-order valence-electron chi connectivity index (χ0n) is 13.8. The lowest BCUT2D eigenvalue weighted by Gasteiger charge is -2.06. The summed E-state index contributed by atoms with van der Waals surface area (Å²) in [6, 6.07) is 12.4. The van der Waals surface area contributed by atoms with E-state index in [0.717, 1.165) is 17.3 Å². The summed E-state index contributed by atoms with van der Waals surface area (Å²) in [6.45, 7) is 0. The van der Waals surface area contributed by atoms with E-state index >= 15 is 0 Å². The number of rotatable bonds is 12. The van der Waals surface area contributed by atoms with Crippen LogP contribution in [0.25, 0.3) is 0 Å². The summed E-state index contributed by atoms with van der Waals surface area (Å²) in [7, 11) is 0.264. The fourth-order valence-corrected chi connectivity index (χ4v) is 6.83. The molecule has 0 aliphatic rings. The van der Waals surface area contributed by atoms with Crippen LogP contribution in [0.5, 0.6) is 0 Å². The first-order chi connectivity index (χ1) is 11.9. The third-order valence-corrected chi connectivity index (χ3v) is 8.46. The van der Waals surface area contributed by atoms with Gasteiger partial charge in [-0.15, -0.1) is 0 Å². The molecular formula is C18H25N2S4+. The Hall–Kier alpha value is -0.300. The lowest BCUT2D eigenvalue weighted by atomic mass is 10.4. The highest BCUT2D eigenvalue weighted by atomic mass is 32.2. The largest absolute Gasteiger partial charge is 0.260 e. The fraction of sp³-hybridized carbons (Fsp3) is 0.444. The summed E-state index contributed by atoms with van der Waals surface area (Å²) in [5, 5.41) is 1.25. The molecule has 0 saturated carbocycles. The number of hydrogen-bond donors (Lipinski definition) is 1. The van der Waals surface area contributed by atoms with Crippen LogP contribution in [-0.2, 0) is 16.6 Å². The van der Waals surface area contributed by atoms with Gasteiger partial charge in [-0.2, -0.15) is 36.2 Å². The first-order valence-electron chi connectivity index (χ1n) is 8.15. The van der Waals surface area contributed by atoms with Crippen LogP contribution < -0.4 is 0 Å². The van der Waals surface area contributed by atoms with E-state index in [4.69, 9.17) is 0 Å². The van der Waals surface area contributed by atoms with Crippen molar-refractivity contribution in [1.29, 1.82) is 0 Å². The van der Waals surface area contributed by atoms with Crippen molar-refractivity contribution < 1.29 is 0 Å². The second-order valence-corrected chi connectivity index (χ2v) is 10.1. The van der Waals surface area contributed by atoms with Crippen molar-refractivity contribution in [1.82, 2.24) is 9.97 Å². The third kappa shape index (κ3) is 8.19. The van der Waals surface area contributed by atoms with Gasteiger partial charge in [-0.3, -0.25) is 4.98 Å². The van der Waals surface area contributed by atoms with E-state index in [0.29, 0.717) is 0 Å². The average Bonchev–Trinajstić information content (AvgIpc) is 2.64. The minimum atomic E-state index is 0.264. The average molecular weight is 398 g/mol. The molecule has 1 atom stereocenters. The molecular weight excluding hydrogens is 372 g/mol. The van der Waals surface area contributed by atoms with Gasteiger partial charge in [0.05, 0.1) is 5.69 Å². The van der Waals surface area contributed by atoms with E-state index in [1.807, 2.05) is 36.3 Å². The molecule has 2 rings (SSSR count). The molecule has 2 heterocycles. The van der Waals surface area contributed by atoms with Gasteiger partial charge in [0.25, 0.3) is 0 Å². The summed E-state index contributed by atoms with van der Waals surface area (Å²) < 4.78 is 0. The molecule has 0 N–H and O–H groups in total. The molecule has 2 nitrogen and oxygen atoms in total. The monoisotopic (exact) mass is 397 g/mol. The second kappa shape index (κ2) is 13.0. The normalized spacial score (nSPS) is 12.2. The molecule has 130 valence electrons. The summed E-state index contributed by atoms with van der Waals surface area (Å²) in [5.74, 6) is 8.01. The van der Waals surface area contributed by atoms with Gasteiger partial charge in [-0.05, 0) is 24.0 Å². The van der Waals surface area contributed by atoms with Gasteiger partial charge >= 0.3 is 0 Å². The van der Waals surface area contributed by atoms with Crippen molar-refractivity contribution in [2.24, 2.45) is 0 Å². The van der Waals surface area contributed by atoms with Crippen LogP contribution in [-0.4, -0.2) is 44.5 Å². The van der Waals surface area contributed by atoms with Crippen molar-refractivity contribution in [3.05, 3.63) is 54.5 Å². The molecule has 2 aromatic heterocycles. The molecule has 1 unspecified atom stereocenters. The van der Waals surface area contributed by atoms with Gasteiger partial charge in [0, 0.05) is 58.8 Å². The van der Waals surface area contributed by atoms with Crippen molar-refractivity contribution in [3.8, 4) is 0 Å². The summed E-state index contributed by atoms with van der Waals surface area (Å²) in [6.07, 6.45) is 5.04. The zero-order valence-corrected chi connectivity index (χ0v) is 17.2. The second-order valence-electron chi connectivity index (χ2n) is 5.13. The standard InChI is InChI=1S/C18H24N2S4/c21-10-15-24(18-7-2-4-9-20-18)14-5-11-22-12-13-23-16-17-6-1-3-8-19-17/h1-4,6-9H,5,10-16H2/p+1. The Morgan fingerprint density at radius 3 is 2.38 bits per heavy atom. The smallest absolute Gasteiger partial charge is 0.246 e. The van der Waals surface area contributed by atoms with E-state index in [-0.39, 0.29) is 10.9 Å². The molecule has 24 heavy (non-hydrogen) atoms. The topological polar surface area (TPSA) is 25.8 Å². The maximum atomic E-state index is 4.53. The zero-order chi connectivity index (χ0) is 16.9. The predicted octanol–water partition coefficient (Wildman–Crippen LogP) is 4.44. The minimum Gasteiger partial charge on any atom is -0.260 e. The van der Waals surface area contributed by atoms with Crippen LogP contribution in [0.3, 0.4) is 0 Å². The highest BCUT2D eigenvalue weighted by Gasteiger charge is 2.21. The summed E-state index contributed by atoms with van der Waals surface area (Å²) >= 11 is 8.45. The molecule has 0 fully saturated rings. The highest BCUT2D eigenvalue weighted by Crippen LogP contribution is 2.16. The molecule has 0 spiro atoms. The maximum absolute atomic E-state index is 4.53. The number of aromatic nitrogens is 2. The van der Waals surface area contributed by atoms with Crippen LogP contribution in [0.15, 0.2) is 53.8 Å². The van der Waals surface area contributed by atoms with Gasteiger partial charge in [-0.1, -0.05) is 12.1 Å². The number of thiol groups is 1. The van der Waals surface area contributed by atoms with Crippen molar-refractivity contribution in [2.75, 3.05) is 34.5 Å². The summed E-state index contributed by atoms with van der Waals surface area (Å²) in [4.78, 5) is 8.88. The lowest BCUT2D eigenvalue weighted by Crippen LogP contribution is -2.15. The van der Waals surface area contributed by atoms with Gasteiger partial charge in [0.15, 0.2) is 0 Å². The van der Waals surface area contributed by atoms with Crippen LogP contribution in [0.4, 0.5) is 0 Å². The first-order valence-corrected chi connectivity index (χ1v) is 12.7. The molecule has 0 aliphatic carbocycles. The van der Waals surface area contributed by atoms with E-state index in [1.54, 1.807) is 0 Å². The Morgan fingerprint density at radius 1 is 0.875 bits per heavy atom. The molecule has 0 saturated heterocycles. The third-order valence-electron chi connectivity index (χ3n) is 3.30. The fourth-order valence-electron chi connectivity index (χ4n) is 2.15. The lowest BCUT2D eigenvalue weighted by molar-refractivity contribution is 1.07. The maximum Gasteiger partial charge on any atom is 0.246 e. The van der Waals surface area contributed by atoms with Crippen molar-refractivity contribution in [3.63, 3.8) is 0 Å². The SMILES string of the molecule is SCC[S+](CCCSCCSCc1ccccn1)c1ccccn1. The van der Waals surface area contributed by atoms with E-state index in [9.17, 15) is 0 Å². The van der Waals surface area contributed by atoms with Crippen molar-refractivity contribution >= 4 is 47.0 Å². The van der Waals surface area contributed by atoms with Gasteiger partial charge in [0.2, 0.25) is 5.03 Å². The van der Waals surface area contributed by atoms with E-state index < -0.39 is 0 Å². The predicted molar refractivity (Wildman–Crippen MR) is 116 cm³/mol. The Bertz CT molecular complexity index is 539. The van der Waals surface area contributed by atoms with E-state index in [1.165, 1.54) is 40.2 Å². The van der Waals surface area contributed by atoms with Crippen LogP contribution >= 0.6 is 36.2 Å². The Labute approximate surface area is 162 Å². The highest BCUT2D eigenvalue weighted by molar-refractivity contribution is 8.02. The minimum absolute atomic E-state index is 0.264. The van der Waals surface area contributed by atoms with Crippen molar-refractivity contribution in [2.45, 2.75) is 17.2 Å². The van der Waals surface area contributed by atoms with Gasteiger partial charge in [-0.25, -0.2) is 4.98 Å². The summed E-state index contributed by atoms with van der Waals surface area (Å²) in [5.41, 5.74) is 1.18. The van der Waals surface area contributed by atoms with Crippen LogP contribution in [0, 0.1) is 0 Å². The quantitative estimate of drug-likeness (QED) is 0.325. The Balaban J connectivity index is 1.53. The first kappa shape index (κ1) is 20.0. The molecule has 0 bridgehead atoms. The van der Waals surface area contributed by atoms with Gasteiger partial charge in [0.1, 0.15) is 11.5 Å². The molecule has 0 aliphatic heterocycles. The number of thioether (sulfide) groups is 2. The van der Waals surface area contributed by atoms with Crippen LogP contribution in [0.1, 0.15) is 12.1 Å². The molecule has 0 aromatic carbocycles. The van der Waals surface area contributed by atoms with Crippen LogP contribution in [0.2, 0.25) is 0 Å². The molecule has 2 aromatic rings. The number of pyridine rings is 2. The van der Waals surface area contributed by atoms with E-state index in [2.05, 4.69) is 58.6 Å². The molecule has 0 radical (unpaired) electrons. The molecule has 6 heteroatoms. The Morgan fingerprint density at radius 2 is 1.67 bits per heavy atom.